The predicted molar refractivity (Wildman–Crippen MR) is 194 cm³/mol. The number of sulfonamides is 1. The number of fused-ring (bicyclic) bond motifs is 2. The second-order valence-electron chi connectivity index (χ2n) is 14.0. The maximum Gasteiger partial charge on any atom is 0.407 e. The van der Waals surface area contributed by atoms with Crippen molar-refractivity contribution in [1.82, 2.24) is 19.5 Å². The third-order valence-corrected chi connectivity index (χ3v) is 12.6. The van der Waals surface area contributed by atoms with E-state index in [4.69, 9.17) is 14.2 Å². The third kappa shape index (κ3) is 9.25. The summed E-state index contributed by atoms with van der Waals surface area (Å²) in [4.78, 5) is 34.5. The Balaban J connectivity index is 1.19. The lowest BCUT2D eigenvalue weighted by molar-refractivity contribution is -0.116. The highest BCUT2D eigenvalue weighted by Gasteiger charge is 2.44. The Kier molecular flexibility index (Phi) is 12.3. The molecule has 13 nitrogen and oxygen atoms in total. The van der Waals surface area contributed by atoms with Gasteiger partial charge in [0.05, 0.1) is 46.4 Å². The number of alkyl carbamates (subject to hydrolysis) is 1. The normalized spacial score (nSPS) is 22.0. The van der Waals surface area contributed by atoms with Gasteiger partial charge in [-0.3, -0.25) is 9.69 Å². The first-order chi connectivity index (χ1) is 24.5. The van der Waals surface area contributed by atoms with Crippen LogP contribution in [0.15, 0.2) is 53.4 Å². The number of nitrogens with one attached hydrogen (secondary N) is 1. The lowest BCUT2D eigenvalue weighted by Crippen LogP contribution is -2.51. The van der Waals surface area contributed by atoms with Gasteiger partial charge in [0, 0.05) is 33.1 Å². The fourth-order valence-corrected chi connectivity index (χ4v) is 9.79. The van der Waals surface area contributed by atoms with Crippen LogP contribution in [0.1, 0.15) is 45.6 Å². The molecule has 0 spiro atoms. The van der Waals surface area contributed by atoms with Crippen molar-refractivity contribution in [2.75, 3.05) is 57.4 Å². The molecule has 4 heterocycles. The minimum Gasteiger partial charge on any atom is -0.443 e. The maximum atomic E-state index is 14.3. The summed E-state index contributed by atoms with van der Waals surface area (Å²) in [5.74, 6) is -0.221. The summed E-state index contributed by atoms with van der Waals surface area (Å²) >= 11 is 1.28. The number of carbonyl (C=O) groups is 2. The number of aliphatic hydroxyl groups is 1. The Bertz CT molecular complexity index is 1750. The predicted octanol–water partition coefficient (Wildman–Crippen LogP) is 3.85. The molecule has 6 rings (SSSR count). The zero-order valence-electron chi connectivity index (χ0n) is 29.5. The largest absolute Gasteiger partial charge is 0.443 e. The van der Waals surface area contributed by atoms with Crippen molar-refractivity contribution >= 4 is 48.7 Å². The Morgan fingerprint density at radius 3 is 2.61 bits per heavy atom. The highest BCUT2D eigenvalue weighted by atomic mass is 32.2. The second kappa shape index (κ2) is 16.7. The molecule has 3 aromatic rings. The summed E-state index contributed by atoms with van der Waals surface area (Å²) in [5, 5.41) is 15.0. The molecular weight excluding hydrogens is 695 g/mol. The van der Waals surface area contributed by atoms with E-state index < -0.39 is 34.4 Å². The average Bonchev–Trinajstić information content (AvgIpc) is 3.91. The molecule has 51 heavy (non-hydrogen) atoms. The van der Waals surface area contributed by atoms with Crippen LogP contribution in [0.4, 0.5) is 9.93 Å². The summed E-state index contributed by atoms with van der Waals surface area (Å²) in [6, 6.07) is 13.3. The van der Waals surface area contributed by atoms with Crippen LogP contribution in [-0.2, 0) is 35.4 Å². The molecule has 0 bridgehead atoms. The molecule has 5 atom stereocenters. The molecule has 0 aliphatic carbocycles. The quantitative estimate of drug-likeness (QED) is 0.235. The third-order valence-electron chi connectivity index (χ3n) is 9.71. The molecule has 2 aromatic carbocycles. The van der Waals surface area contributed by atoms with E-state index in [1.165, 1.54) is 28.6 Å². The number of hydrogen-bond donors (Lipinski definition) is 2. The van der Waals surface area contributed by atoms with Crippen LogP contribution in [0.5, 0.6) is 0 Å². The molecule has 3 aliphatic heterocycles. The monoisotopic (exact) mass is 743 g/mol. The molecule has 2 N–H and O–H groups in total. The number of rotatable bonds is 15. The number of amides is 2. The molecule has 2 amide bonds. The van der Waals surface area contributed by atoms with Gasteiger partial charge in [-0.15, -0.1) is 0 Å². The molecule has 3 fully saturated rings. The van der Waals surface area contributed by atoms with E-state index >= 15 is 0 Å². The Labute approximate surface area is 303 Å². The minimum absolute atomic E-state index is 0.0488. The zero-order chi connectivity index (χ0) is 36.1. The molecule has 3 saturated heterocycles. The van der Waals surface area contributed by atoms with Gasteiger partial charge in [-0.2, -0.15) is 4.31 Å². The summed E-state index contributed by atoms with van der Waals surface area (Å²) in [5.41, 5.74) is 1.46. The molecule has 5 unspecified atom stereocenters. The number of ether oxygens (including phenoxy) is 3. The number of anilines is 1. The fraction of sp³-hybridized carbons (Fsp3) is 0.583. The minimum atomic E-state index is -4.10. The lowest BCUT2D eigenvalue weighted by atomic mass is 10.0. The van der Waals surface area contributed by atoms with Crippen molar-refractivity contribution in [2.24, 2.45) is 11.8 Å². The molecule has 0 saturated carbocycles. The Morgan fingerprint density at radius 2 is 1.88 bits per heavy atom. The molecule has 278 valence electrons. The molecule has 1 aromatic heterocycles. The molecule has 15 heteroatoms. The molecule has 0 radical (unpaired) electrons. The van der Waals surface area contributed by atoms with Crippen LogP contribution in [0, 0.1) is 11.8 Å². The summed E-state index contributed by atoms with van der Waals surface area (Å²) < 4.78 is 47.4. The van der Waals surface area contributed by atoms with E-state index in [9.17, 15) is 23.1 Å². The van der Waals surface area contributed by atoms with Gasteiger partial charge in [0.1, 0.15) is 6.10 Å². The number of aromatic nitrogens is 1. The first-order valence-electron chi connectivity index (χ1n) is 17.8. The Hall–Kier alpha value is -3.18. The van der Waals surface area contributed by atoms with Crippen LogP contribution in [0.25, 0.3) is 10.2 Å². The fourth-order valence-electron chi connectivity index (χ4n) is 6.99. The van der Waals surface area contributed by atoms with Gasteiger partial charge in [0.15, 0.2) is 11.4 Å². The van der Waals surface area contributed by atoms with Crippen LogP contribution < -0.4 is 10.2 Å². The lowest BCUT2D eigenvalue weighted by Gasteiger charge is -2.31. The van der Waals surface area contributed by atoms with Crippen LogP contribution in [0.3, 0.4) is 0 Å². The number of carbonyl (C=O) groups excluding carboxylic acids is 2. The van der Waals surface area contributed by atoms with Crippen molar-refractivity contribution in [1.29, 1.82) is 0 Å². The first-order valence-corrected chi connectivity index (χ1v) is 20.1. The van der Waals surface area contributed by atoms with Crippen molar-refractivity contribution in [3.8, 4) is 0 Å². The summed E-state index contributed by atoms with van der Waals surface area (Å²) in [6.45, 7) is 9.30. The maximum absolute atomic E-state index is 14.3. The van der Waals surface area contributed by atoms with Gasteiger partial charge < -0.3 is 29.5 Å². The highest BCUT2D eigenvalue weighted by Crippen LogP contribution is 2.34. The van der Waals surface area contributed by atoms with Crippen molar-refractivity contribution in [3.05, 3.63) is 54.1 Å². The molecule has 3 aliphatic rings. The van der Waals surface area contributed by atoms with Gasteiger partial charge in [-0.05, 0) is 68.5 Å². The summed E-state index contributed by atoms with van der Waals surface area (Å²) in [6.07, 6.45) is 0.464. The van der Waals surface area contributed by atoms with E-state index in [1.807, 2.05) is 44.2 Å². The standard InChI is InChI=1S/C36H49N5O8S2/c1-24(2)21-40(22-31(43)30(19-26-9-5-4-6-10-26)38-36(44)49-32-23-48-34-28(32)13-18-47-34)51(45,46)27-11-12-29-33(20-27)50-35(37-29)41(25(3)42)17-16-39-14-7-8-15-39/h4-6,9-12,20,24,28,30-32,34,43H,7-8,13-19,21-23H2,1-3H3,(H,38,44). The summed E-state index contributed by atoms with van der Waals surface area (Å²) in [7, 11) is -4.10. The van der Waals surface area contributed by atoms with E-state index in [0.717, 1.165) is 44.5 Å². The van der Waals surface area contributed by atoms with Gasteiger partial charge in [0.25, 0.3) is 0 Å². The smallest absolute Gasteiger partial charge is 0.407 e. The number of nitrogens with zero attached hydrogens (tertiary/aromatic N) is 4. The van der Waals surface area contributed by atoms with Crippen molar-refractivity contribution in [3.63, 3.8) is 0 Å². The van der Waals surface area contributed by atoms with Gasteiger partial charge in [0.2, 0.25) is 15.9 Å². The average molecular weight is 744 g/mol. The van der Waals surface area contributed by atoms with E-state index in [1.54, 1.807) is 17.0 Å². The van der Waals surface area contributed by atoms with E-state index in [-0.39, 0.29) is 55.0 Å². The number of thiazole rings is 1. The van der Waals surface area contributed by atoms with Crippen LogP contribution in [0.2, 0.25) is 0 Å². The van der Waals surface area contributed by atoms with Crippen molar-refractivity contribution in [2.45, 2.75) is 75.9 Å². The van der Waals surface area contributed by atoms with Crippen molar-refractivity contribution < 1.29 is 37.3 Å². The molecular formula is C36H49N5O8S2. The van der Waals surface area contributed by atoms with Crippen LogP contribution >= 0.6 is 11.3 Å². The van der Waals surface area contributed by atoms with Gasteiger partial charge in [-0.25, -0.2) is 18.2 Å². The van der Waals surface area contributed by atoms with E-state index in [2.05, 4.69) is 15.2 Å². The number of likely N-dealkylation sites (tertiary alicyclic amines) is 1. The first kappa shape index (κ1) is 37.6. The van der Waals surface area contributed by atoms with Crippen LogP contribution in [-0.4, -0.2) is 117 Å². The highest BCUT2D eigenvalue weighted by molar-refractivity contribution is 7.89. The SMILES string of the molecule is CC(=O)N(CCN1CCCC1)c1nc2ccc(S(=O)(=O)N(CC(C)C)CC(O)C(Cc3ccccc3)NC(=O)OC3COC4OCCC34)cc2s1. The second-order valence-corrected chi connectivity index (χ2v) is 17.0. The number of hydrogen-bond acceptors (Lipinski definition) is 11. The topological polar surface area (TPSA) is 151 Å². The van der Waals surface area contributed by atoms with Gasteiger partial charge >= 0.3 is 6.09 Å². The van der Waals surface area contributed by atoms with Gasteiger partial charge in [-0.1, -0.05) is 55.5 Å². The number of aliphatic hydroxyl groups excluding tert-OH is 1. The van der Waals surface area contributed by atoms with E-state index in [0.29, 0.717) is 28.5 Å². The number of benzene rings is 2. The Morgan fingerprint density at radius 1 is 1.12 bits per heavy atom. The zero-order valence-corrected chi connectivity index (χ0v) is 31.1.